The highest BCUT2D eigenvalue weighted by molar-refractivity contribution is 6.10. The first-order valence-corrected chi connectivity index (χ1v) is 9.26. The van der Waals surface area contributed by atoms with Crippen molar-refractivity contribution in [3.63, 3.8) is 0 Å². The van der Waals surface area contributed by atoms with Crippen LogP contribution >= 0.6 is 0 Å². The second-order valence-corrected chi connectivity index (χ2v) is 6.88. The summed E-state index contributed by atoms with van der Waals surface area (Å²) in [4.78, 5) is 26.8. The van der Waals surface area contributed by atoms with Crippen LogP contribution in [0.3, 0.4) is 0 Å². The van der Waals surface area contributed by atoms with E-state index in [-0.39, 0.29) is 11.8 Å². The SMILES string of the molecule is Cc1ccc2c(c1)N(C)C(=O)c1cc(NC(=O)/C=C/c3ccccc3)ccc1O2. The number of benzene rings is 3. The third-order valence-electron chi connectivity index (χ3n) is 4.70. The summed E-state index contributed by atoms with van der Waals surface area (Å²) in [5.74, 6) is 0.610. The van der Waals surface area contributed by atoms with E-state index < -0.39 is 0 Å². The van der Waals surface area contributed by atoms with Gasteiger partial charge in [-0.2, -0.15) is 0 Å². The predicted octanol–water partition coefficient (Wildman–Crippen LogP) is 5.03. The fourth-order valence-electron chi connectivity index (χ4n) is 3.17. The van der Waals surface area contributed by atoms with E-state index in [9.17, 15) is 9.59 Å². The average Bonchev–Trinajstić information content (AvgIpc) is 2.83. The summed E-state index contributed by atoms with van der Waals surface area (Å²) in [6.07, 6.45) is 3.20. The number of aryl methyl sites for hydroxylation is 1. The Labute approximate surface area is 169 Å². The molecule has 0 aromatic heterocycles. The number of anilines is 2. The summed E-state index contributed by atoms with van der Waals surface area (Å²) in [6.45, 7) is 1.97. The Morgan fingerprint density at radius 3 is 2.55 bits per heavy atom. The van der Waals surface area contributed by atoms with Gasteiger partial charge < -0.3 is 15.0 Å². The third-order valence-corrected chi connectivity index (χ3v) is 4.70. The lowest BCUT2D eigenvalue weighted by molar-refractivity contribution is -0.111. The van der Waals surface area contributed by atoms with Gasteiger partial charge in [-0.25, -0.2) is 0 Å². The summed E-state index contributed by atoms with van der Waals surface area (Å²) >= 11 is 0. The maximum Gasteiger partial charge on any atom is 0.261 e. The molecule has 144 valence electrons. The fraction of sp³-hybridized carbons (Fsp3) is 0.0833. The van der Waals surface area contributed by atoms with Crippen LogP contribution in [-0.2, 0) is 4.79 Å². The van der Waals surface area contributed by atoms with Crippen LogP contribution < -0.4 is 15.0 Å². The van der Waals surface area contributed by atoms with Gasteiger partial charge >= 0.3 is 0 Å². The summed E-state index contributed by atoms with van der Waals surface area (Å²) in [5.41, 5.74) is 3.60. The van der Waals surface area contributed by atoms with E-state index in [2.05, 4.69) is 5.32 Å². The maximum absolute atomic E-state index is 13.0. The van der Waals surface area contributed by atoms with Crippen molar-refractivity contribution in [2.45, 2.75) is 6.92 Å². The minimum atomic E-state index is -0.275. The molecule has 5 nitrogen and oxygen atoms in total. The average molecular weight is 384 g/mol. The first kappa shape index (κ1) is 18.5. The molecule has 0 saturated carbocycles. The molecule has 0 unspecified atom stereocenters. The zero-order valence-electron chi connectivity index (χ0n) is 16.2. The van der Waals surface area contributed by atoms with Crippen molar-refractivity contribution in [1.82, 2.24) is 0 Å². The van der Waals surface area contributed by atoms with E-state index in [1.165, 1.54) is 6.08 Å². The maximum atomic E-state index is 13.0. The molecule has 5 heteroatoms. The van der Waals surface area contributed by atoms with Crippen LogP contribution in [0.25, 0.3) is 6.08 Å². The van der Waals surface area contributed by atoms with Gasteiger partial charge in [0, 0.05) is 18.8 Å². The highest BCUT2D eigenvalue weighted by Crippen LogP contribution is 2.39. The summed E-state index contributed by atoms with van der Waals surface area (Å²) in [6, 6.07) is 20.3. The molecule has 0 spiro atoms. The third kappa shape index (κ3) is 3.89. The van der Waals surface area contributed by atoms with Crippen LogP contribution in [0.15, 0.2) is 72.8 Å². The predicted molar refractivity (Wildman–Crippen MR) is 115 cm³/mol. The number of hydrogen-bond donors (Lipinski definition) is 1. The van der Waals surface area contributed by atoms with Gasteiger partial charge in [-0.05, 0) is 54.5 Å². The smallest absolute Gasteiger partial charge is 0.261 e. The van der Waals surface area contributed by atoms with Crippen LogP contribution in [0.5, 0.6) is 11.5 Å². The molecule has 1 N–H and O–H groups in total. The number of carbonyl (C=O) groups excluding carboxylic acids is 2. The van der Waals surface area contributed by atoms with Crippen molar-refractivity contribution in [3.8, 4) is 11.5 Å². The molecule has 1 heterocycles. The molecule has 1 aliphatic heterocycles. The van der Waals surface area contributed by atoms with Gasteiger partial charge in [0.2, 0.25) is 5.91 Å². The Morgan fingerprint density at radius 1 is 1.00 bits per heavy atom. The van der Waals surface area contributed by atoms with Gasteiger partial charge in [0.1, 0.15) is 5.75 Å². The van der Waals surface area contributed by atoms with E-state index in [4.69, 9.17) is 4.74 Å². The normalized spacial score (nSPS) is 12.8. The number of carbonyl (C=O) groups is 2. The number of nitrogens with zero attached hydrogens (tertiary/aromatic N) is 1. The van der Waals surface area contributed by atoms with Crippen molar-refractivity contribution < 1.29 is 14.3 Å². The summed E-state index contributed by atoms with van der Waals surface area (Å²) in [7, 11) is 1.72. The molecule has 3 aromatic rings. The van der Waals surface area contributed by atoms with Gasteiger partial charge in [-0.15, -0.1) is 0 Å². The lowest BCUT2D eigenvalue weighted by atomic mass is 10.1. The van der Waals surface area contributed by atoms with Crippen LogP contribution in [0.4, 0.5) is 11.4 Å². The second-order valence-electron chi connectivity index (χ2n) is 6.88. The molecule has 3 aromatic carbocycles. The van der Waals surface area contributed by atoms with Gasteiger partial charge in [0.25, 0.3) is 5.91 Å². The Balaban J connectivity index is 1.58. The molecule has 0 atom stereocenters. The van der Waals surface area contributed by atoms with Crippen molar-refractivity contribution in [1.29, 1.82) is 0 Å². The quantitative estimate of drug-likeness (QED) is 0.645. The van der Waals surface area contributed by atoms with E-state index in [1.807, 2.05) is 55.5 Å². The van der Waals surface area contributed by atoms with Gasteiger partial charge in [0.15, 0.2) is 5.75 Å². The molecule has 0 radical (unpaired) electrons. The van der Waals surface area contributed by atoms with Crippen LogP contribution in [0.1, 0.15) is 21.5 Å². The Morgan fingerprint density at radius 2 is 1.76 bits per heavy atom. The molecule has 1 aliphatic rings. The largest absolute Gasteiger partial charge is 0.454 e. The molecular weight excluding hydrogens is 364 g/mol. The lowest BCUT2D eigenvalue weighted by Crippen LogP contribution is -2.25. The topological polar surface area (TPSA) is 58.6 Å². The zero-order chi connectivity index (χ0) is 20.4. The van der Waals surface area contributed by atoms with Gasteiger partial charge in [-0.3, -0.25) is 9.59 Å². The highest BCUT2D eigenvalue weighted by Gasteiger charge is 2.26. The van der Waals surface area contributed by atoms with Crippen molar-refractivity contribution in [2.75, 3.05) is 17.3 Å². The molecule has 0 bridgehead atoms. The molecule has 0 saturated heterocycles. The number of ether oxygens (including phenoxy) is 1. The summed E-state index contributed by atoms with van der Waals surface area (Å²) in [5, 5.41) is 2.80. The minimum Gasteiger partial charge on any atom is -0.454 e. The molecule has 4 rings (SSSR count). The fourth-order valence-corrected chi connectivity index (χ4v) is 3.17. The zero-order valence-corrected chi connectivity index (χ0v) is 16.2. The number of hydrogen-bond acceptors (Lipinski definition) is 3. The number of nitrogens with one attached hydrogen (secondary N) is 1. The number of fused-ring (bicyclic) bond motifs is 2. The molecule has 2 amide bonds. The molecular formula is C24H20N2O3. The minimum absolute atomic E-state index is 0.194. The van der Waals surface area contributed by atoms with Crippen molar-refractivity contribution in [2.24, 2.45) is 0 Å². The molecule has 0 fully saturated rings. The number of rotatable bonds is 3. The first-order chi connectivity index (χ1) is 14.0. The van der Waals surface area contributed by atoms with Crippen molar-refractivity contribution in [3.05, 3.63) is 89.5 Å². The number of amides is 2. The van der Waals surface area contributed by atoms with E-state index in [0.717, 1.165) is 11.1 Å². The highest BCUT2D eigenvalue weighted by atomic mass is 16.5. The molecule has 29 heavy (non-hydrogen) atoms. The van der Waals surface area contributed by atoms with Gasteiger partial charge in [0.05, 0.1) is 11.3 Å². The van der Waals surface area contributed by atoms with Crippen molar-refractivity contribution >= 4 is 29.3 Å². The lowest BCUT2D eigenvalue weighted by Gasteiger charge is -2.16. The van der Waals surface area contributed by atoms with E-state index in [0.29, 0.717) is 28.4 Å². The van der Waals surface area contributed by atoms with E-state index in [1.54, 1.807) is 36.2 Å². The van der Waals surface area contributed by atoms with E-state index >= 15 is 0 Å². The summed E-state index contributed by atoms with van der Waals surface area (Å²) < 4.78 is 5.97. The van der Waals surface area contributed by atoms with Crippen LogP contribution in [-0.4, -0.2) is 18.9 Å². The van der Waals surface area contributed by atoms with Crippen LogP contribution in [0, 0.1) is 6.92 Å². The van der Waals surface area contributed by atoms with Crippen LogP contribution in [0.2, 0.25) is 0 Å². The standard InChI is InChI=1S/C24H20N2O3/c1-16-8-11-22-20(14-16)26(2)24(28)19-15-18(10-12-21(19)29-22)25-23(27)13-9-17-6-4-3-5-7-17/h3-15H,1-2H3,(H,25,27)/b13-9+. The first-order valence-electron chi connectivity index (χ1n) is 9.26. The Kier molecular flexibility index (Phi) is 4.87. The Hall–Kier alpha value is -3.86. The second kappa shape index (κ2) is 7.64. The molecule has 0 aliphatic carbocycles. The Bertz CT molecular complexity index is 1120. The van der Waals surface area contributed by atoms with Gasteiger partial charge in [-0.1, -0.05) is 36.4 Å². The monoisotopic (exact) mass is 384 g/mol.